The molecule has 0 saturated heterocycles. The van der Waals surface area contributed by atoms with Gasteiger partial charge in [-0.05, 0) is 30.2 Å². The van der Waals surface area contributed by atoms with Crippen molar-refractivity contribution in [3.63, 3.8) is 0 Å². The highest BCUT2D eigenvalue weighted by Crippen LogP contribution is 2.27. The summed E-state index contributed by atoms with van der Waals surface area (Å²) in [4.78, 5) is 12.1. The Morgan fingerprint density at radius 3 is 2.48 bits per heavy atom. The Bertz CT molecular complexity index is 785. The maximum absolute atomic E-state index is 12.0. The van der Waals surface area contributed by atoms with E-state index in [9.17, 15) is 18.3 Å². The fraction of sp³-hybridized carbons (Fsp3) is 0.235. The number of hydrogen-bond acceptors (Lipinski definition) is 4. The normalized spacial score (nSPS) is 11.2. The van der Waals surface area contributed by atoms with Gasteiger partial charge in [-0.25, -0.2) is 8.42 Å². The number of phenols is 1. The molecule has 2 N–H and O–H groups in total. The van der Waals surface area contributed by atoms with E-state index in [1.165, 1.54) is 18.2 Å². The zero-order valence-electron chi connectivity index (χ0n) is 12.8. The maximum Gasteiger partial charge on any atom is 0.224 e. The highest BCUT2D eigenvalue weighted by atomic mass is 32.2. The van der Waals surface area contributed by atoms with Crippen LogP contribution in [0.15, 0.2) is 53.4 Å². The van der Waals surface area contributed by atoms with Crippen molar-refractivity contribution in [3.05, 3.63) is 54.1 Å². The van der Waals surface area contributed by atoms with Gasteiger partial charge < -0.3 is 10.4 Å². The molecule has 0 radical (unpaired) electrons. The summed E-state index contributed by atoms with van der Waals surface area (Å²) < 4.78 is 23.7. The maximum atomic E-state index is 12.0. The summed E-state index contributed by atoms with van der Waals surface area (Å²) >= 11 is 0. The van der Waals surface area contributed by atoms with Crippen molar-refractivity contribution in [3.8, 4) is 5.75 Å². The molecule has 122 valence electrons. The van der Waals surface area contributed by atoms with Crippen molar-refractivity contribution in [1.29, 1.82) is 0 Å². The van der Waals surface area contributed by atoms with Crippen molar-refractivity contribution >= 4 is 21.4 Å². The van der Waals surface area contributed by atoms with Crippen molar-refractivity contribution in [1.82, 2.24) is 0 Å². The molecule has 0 heterocycles. The Labute approximate surface area is 135 Å². The number of aryl methyl sites for hydroxylation is 1. The molecule has 1 amide bonds. The Morgan fingerprint density at radius 1 is 1.13 bits per heavy atom. The number of benzene rings is 2. The van der Waals surface area contributed by atoms with Gasteiger partial charge in [0, 0.05) is 6.42 Å². The SMILES string of the molecule is CCS(=O)(=O)c1ccc(O)c(NC(=O)CCc2ccccc2)c1. The zero-order valence-corrected chi connectivity index (χ0v) is 13.6. The third-order valence-corrected chi connectivity index (χ3v) is 5.20. The van der Waals surface area contributed by atoms with Crippen LogP contribution in [0.2, 0.25) is 0 Å². The highest BCUT2D eigenvalue weighted by Gasteiger charge is 2.15. The van der Waals surface area contributed by atoms with Crippen LogP contribution < -0.4 is 5.32 Å². The lowest BCUT2D eigenvalue weighted by Crippen LogP contribution is -2.13. The molecule has 0 atom stereocenters. The second-order valence-corrected chi connectivity index (χ2v) is 7.39. The first-order chi connectivity index (χ1) is 10.9. The van der Waals surface area contributed by atoms with Gasteiger partial charge in [-0.2, -0.15) is 0 Å². The van der Waals surface area contributed by atoms with Gasteiger partial charge in [-0.1, -0.05) is 37.3 Å². The predicted molar refractivity (Wildman–Crippen MR) is 89.2 cm³/mol. The largest absolute Gasteiger partial charge is 0.506 e. The molecule has 23 heavy (non-hydrogen) atoms. The minimum absolute atomic E-state index is 0.0425. The summed E-state index contributed by atoms with van der Waals surface area (Å²) in [6, 6.07) is 13.5. The van der Waals surface area contributed by atoms with Crippen molar-refractivity contribution in [2.24, 2.45) is 0 Å². The fourth-order valence-corrected chi connectivity index (χ4v) is 3.00. The number of nitrogens with one attached hydrogen (secondary N) is 1. The first-order valence-electron chi connectivity index (χ1n) is 7.32. The van der Waals surface area contributed by atoms with Gasteiger partial charge in [-0.15, -0.1) is 0 Å². The monoisotopic (exact) mass is 333 g/mol. The predicted octanol–water partition coefficient (Wildman–Crippen LogP) is 2.76. The number of sulfone groups is 1. The number of carbonyl (C=O) groups excluding carboxylic acids is 1. The lowest BCUT2D eigenvalue weighted by atomic mass is 10.1. The summed E-state index contributed by atoms with van der Waals surface area (Å²) in [5.41, 5.74) is 1.15. The van der Waals surface area contributed by atoms with Crippen LogP contribution in [0.5, 0.6) is 5.75 Å². The van der Waals surface area contributed by atoms with Gasteiger partial charge in [0.15, 0.2) is 9.84 Å². The van der Waals surface area contributed by atoms with E-state index in [2.05, 4.69) is 5.32 Å². The van der Waals surface area contributed by atoms with Crippen LogP contribution in [0.3, 0.4) is 0 Å². The molecule has 0 fully saturated rings. The zero-order chi connectivity index (χ0) is 16.9. The number of rotatable bonds is 6. The van der Waals surface area contributed by atoms with Gasteiger partial charge >= 0.3 is 0 Å². The number of phenolic OH excluding ortho intramolecular Hbond substituents is 1. The average molecular weight is 333 g/mol. The Kier molecular flexibility index (Phi) is 5.39. The molecule has 6 heteroatoms. The molecule has 5 nitrogen and oxygen atoms in total. The van der Waals surface area contributed by atoms with E-state index in [1.807, 2.05) is 30.3 Å². The van der Waals surface area contributed by atoms with Crippen molar-refractivity contribution < 1.29 is 18.3 Å². The van der Waals surface area contributed by atoms with Crippen molar-refractivity contribution in [2.45, 2.75) is 24.7 Å². The standard InChI is InChI=1S/C17H19NO4S/c1-2-23(21,22)14-9-10-16(19)15(12-14)18-17(20)11-8-13-6-4-3-5-7-13/h3-7,9-10,12,19H,2,8,11H2,1H3,(H,18,20). The van der Waals surface area contributed by atoms with Crippen LogP contribution in [-0.2, 0) is 21.1 Å². The van der Waals surface area contributed by atoms with Gasteiger partial charge in [0.2, 0.25) is 5.91 Å². The fourth-order valence-electron chi connectivity index (χ4n) is 2.09. The topological polar surface area (TPSA) is 83.5 Å². The summed E-state index contributed by atoms with van der Waals surface area (Å²) in [7, 11) is -3.39. The first-order valence-corrected chi connectivity index (χ1v) is 8.97. The van der Waals surface area contributed by atoms with E-state index in [1.54, 1.807) is 6.92 Å². The summed E-state index contributed by atoms with van der Waals surface area (Å²) in [5.74, 6) is -0.484. The summed E-state index contributed by atoms with van der Waals surface area (Å²) in [6.07, 6.45) is 0.814. The molecule has 0 aliphatic heterocycles. The number of carbonyl (C=O) groups is 1. The third kappa shape index (κ3) is 4.56. The number of aromatic hydroxyl groups is 1. The molecule has 2 aromatic rings. The van der Waals surface area contributed by atoms with E-state index in [0.29, 0.717) is 6.42 Å². The van der Waals surface area contributed by atoms with Crippen LogP contribution in [0.4, 0.5) is 5.69 Å². The second kappa shape index (κ2) is 7.28. The molecule has 2 aromatic carbocycles. The smallest absolute Gasteiger partial charge is 0.224 e. The number of hydrogen-bond donors (Lipinski definition) is 2. The van der Waals surface area contributed by atoms with E-state index in [-0.39, 0.29) is 34.4 Å². The average Bonchev–Trinajstić information content (AvgIpc) is 2.56. The number of anilines is 1. The molecule has 0 aliphatic rings. The summed E-state index contributed by atoms with van der Waals surface area (Å²) in [5, 5.41) is 12.4. The molecular weight excluding hydrogens is 314 g/mol. The van der Waals surface area contributed by atoms with Crippen LogP contribution in [0, 0.1) is 0 Å². The van der Waals surface area contributed by atoms with Gasteiger partial charge in [0.25, 0.3) is 0 Å². The molecule has 0 spiro atoms. The van der Waals surface area contributed by atoms with Crippen LogP contribution >= 0.6 is 0 Å². The minimum Gasteiger partial charge on any atom is -0.506 e. The molecule has 2 rings (SSSR count). The van der Waals surface area contributed by atoms with Crippen LogP contribution in [0.1, 0.15) is 18.9 Å². The van der Waals surface area contributed by atoms with Crippen LogP contribution in [-0.4, -0.2) is 25.2 Å². The molecule has 0 bridgehead atoms. The van der Waals surface area contributed by atoms with Crippen molar-refractivity contribution in [2.75, 3.05) is 11.1 Å². The molecular formula is C17H19NO4S. The van der Waals surface area contributed by atoms with Gasteiger partial charge in [0.1, 0.15) is 5.75 Å². The lowest BCUT2D eigenvalue weighted by molar-refractivity contribution is -0.116. The van der Waals surface area contributed by atoms with E-state index >= 15 is 0 Å². The lowest BCUT2D eigenvalue weighted by Gasteiger charge is -2.10. The number of amides is 1. The molecule has 0 unspecified atom stereocenters. The molecule has 0 saturated carbocycles. The molecule has 0 aromatic heterocycles. The van der Waals surface area contributed by atoms with Gasteiger partial charge in [0.05, 0.1) is 16.3 Å². The van der Waals surface area contributed by atoms with Crippen LogP contribution in [0.25, 0.3) is 0 Å². The molecule has 0 aliphatic carbocycles. The highest BCUT2D eigenvalue weighted by molar-refractivity contribution is 7.91. The second-order valence-electron chi connectivity index (χ2n) is 5.12. The van der Waals surface area contributed by atoms with E-state index in [4.69, 9.17) is 0 Å². The van der Waals surface area contributed by atoms with E-state index < -0.39 is 9.84 Å². The Balaban J connectivity index is 2.07. The third-order valence-electron chi connectivity index (χ3n) is 3.46. The Morgan fingerprint density at radius 2 is 1.83 bits per heavy atom. The van der Waals surface area contributed by atoms with Gasteiger partial charge in [-0.3, -0.25) is 4.79 Å². The quantitative estimate of drug-likeness (QED) is 0.796. The Hall–Kier alpha value is -2.34. The first kappa shape index (κ1) is 17.0. The minimum atomic E-state index is -3.39. The summed E-state index contributed by atoms with van der Waals surface area (Å²) in [6.45, 7) is 1.54. The van der Waals surface area contributed by atoms with E-state index in [0.717, 1.165) is 5.56 Å².